The van der Waals surface area contributed by atoms with Gasteiger partial charge in [0.25, 0.3) is 0 Å². The SMILES string of the molecule is CC/C=C\C/C=C\C/C=C\C/C=C\CCCCC(=O)O[C@H](COC(=O)CC/C=C\C/C=C\C/C=C\C/C=C\C/C=C\CCCCC)COC(=O)CCCCCCCCCCCCCCC. The molecule has 0 amide bonds. The first-order chi connectivity index (χ1) is 32.0. The molecule has 6 heteroatoms. The average Bonchev–Trinajstić information content (AvgIpc) is 3.30. The van der Waals surface area contributed by atoms with Gasteiger partial charge in [0.05, 0.1) is 0 Å². The minimum atomic E-state index is -0.829. The summed E-state index contributed by atoms with van der Waals surface area (Å²) < 4.78 is 16.7. The van der Waals surface area contributed by atoms with E-state index in [0.29, 0.717) is 19.3 Å². The van der Waals surface area contributed by atoms with Gasteiger partial charge in [0, 0.05) is 19.3 Å². The van der Waals surface area contributed by atoms with Crippen molar-refractivity contribution in [1.82, 2.24) is 0 Å². The van der Waals surface area contributed by atoms with Gasteiger partial charge in [-0.1, -0.05) is 220 Å². The van der Waals surface area contributed by atoms with Gasteiger partial charge in [0.15, 0.2) is 6.10 Å². The number of ether oxygens (including phenoxy) is 3. The van der Waals surface area contributed by atoms with Crippen LogP contribution in [0.25, 0.3) is 0 Å². The lowest BCUT2D eigenvalue weighted by Crippen LogP contribution is -2.30. The molecule has 65 heavy (non-hydrogen) atoms. The topological polar surface area (TPSA) is 78.9 Å². The fraction of sp³-hybridized carbons (Fsp3) is 0.644. The first kappa shape index (κ1) is 61.1. The van der Waals surface area contributed by atoms with Gasteiger partial charge in [0.2, 0.25) is 0 Å². The second kappa shape index (κ2) is 52.7. The highest BCUT2D eigenvalue weighted by atomic mass is 16.6. The van der Waals surface area contributed by atoms with Gasteiger partial charge in [0.1, 0.15) is 13.2 Å². The third-order valence-corrected chi connectivity index (χ3v) is 10.8. The monoisotopic (exact) mass is 901 g/mol. The summed E-state index contributed by atoms with van der Waals surface area (Å²) in [6, 6.07) is 0. The molecule has 1 atom stereocenters. The Labute approximate surface area is 400 Å². The summed E-state index contributed by atoms with van der Waals surface area (Å²) >= 11 is 0. The molecule has 0 unspecified atom stereocenters. The van der Waals surface area contributed by atoms with Gasteiger partial charge < -0.3 is 14.2 Å². The normalized spacial score (nSPS) is 13.0. The summed E-state index contributed by atoms with van der Waals surface area (Å²) in [5.41, 5.74) is 0. The zero-order valence-corrected chi connectivity index (χ0v) is 42.0. The van der Waals surface area contributed by atoms with E-state index >= 15 is 0 Å². The van der Waals surface area contributed by atoms with Crippen LogP contribution in [0.15, 0.2) is 109 Å². The van der Waals surface area contributed by atoms with Crippen molar-refractivity contribution in [2.45, 2.75) is 232 Å². The molecule has 0 bridgehead atoms. The van der Waals surface area contributed by atoms with Crippen LogP contribution in [0.2, 0.25) is 0 Å². The molecule has 0 heterocycles. The van der Waals surface area contributed by atoms with Crippen molar-refractivity contribution in [2.24, 2.45) is 0 Å². The minimum absolute atomic E-state index is 0.118. The van der Waals surface area contributed by atoms with Crippen LogP contribution in [-0.2, 0) is 28.6 Å². The summed E-state index contributed by atoms with van der Waals surface area (Å²) in [7, 11) is 0. The molecule has 6 nitrogen and oxygen atoms in total. The van der Waals surface area contributed by atoms with Gasteiger partial charge in [-0.05, 0) is 96.3 Å². The van der Waals surface area contributed by atoms with Crippen molar-refractivity contribution >= 4 is 17.9 Å². The number of unbranched alkanes of at least 4 members (excludes halogenated alkanes) is 17. The highest BCUT2D eigenvalue weighted by Gasteiger charge is 2.19. The number of esters is 3. The van der Waals surface area contributed by atoms with Crippen LogP contribution in [0.4, 0.5) is 0 Å². The van der Waals surface area contributed by atoms with E-state index in [1.165, 1.54) is 89.9 Å². The van der Waals surface area contributed by atoms with E-state index in [1.807, 2.05) is 12.2 Å². The van der Waals surface area contributed by atoms with Gasteiger partial charge >= 0.3 is 17.9 Å². The lowest BCUT2D eigenvalue weighted by Gasteiger charge is -2.18. The van der Waals surface area contributed by atoms with Crippen molar-refractivity contribution in [1.29, 1.82) is 0 Å². The lowest BCUT2D eigenvalue weighted by atomic mass is 10.0. The zero-order valence-electron chi connectivity index (χ0n) is 42.0. The van der Waals surface area contributed by atoms with E-state index in [0.717, 1.165) is 83.5 Å². The quantitative estimate of drug-likeness (QED) is 0.0262. The Balaban J connectivity index is 4.57. The predicted molar refractivity (Wildman–Crippen MR) is 279 cm³/mol. The Morgan fingerprint density at radius 3 is 1.06 bits per heavy atom. The van der Waals surface area contributed by atoms with Crippen molar-refractivity contribution in [3.8, 4) is 0 Å². The molecule has 368 valence electrons. The third-order valence-electron chi connectivity index (χ3n) is 10.8. The van der Waals surface area contributed by atoms with Crippen LogP contribution in [0, 0.1) is 0 Å². The van der Waals surface area contributed by atoms with Crippen LogP contribution in [0.5, 0.6) is 0 Å². The molecule has 0 aromatic rings. The van der Waals surface area contributed by atoms with Crippen molar-refractivity contribution < 1.29 is 28.6 Å². The van der Waals surface area contributed by atoms with E-state index in [9.17, 15) is 14.4 Å². The second-order valence-corrected chi connectivity index (χ2v) is 17.1. The summed E-state index contributed by atoms with van der Waals surface area (Å²) in [5.74, 6) is -1.05. The zero-order chi connectivity index (χ0) is 47.2. The number of carbonyl (C=O) groups excluding carboxylic acids is 3. The van der Waals surface area contributed by atoms with E-state index in [1.54, 1.807) is 0 Å². The van der Waals surface area contributed by atoms with Crippen molar-refractivity contribution in [3.63, 3.8) is 0 Å². The van der Waals surface area contributed by atoms with Crippen LogP contribution in [0.1, 0.15) is 226 Å². The summed E-state index contributed by atoms with van der Waals surface area (Å²) in [6.07, 6.45) is 70.8. The molecule has 0 radical (unpaired) electrons. The largest absolute Gasteiger partial charge is 0.462 e. The van der Waals surface area contributed by atoms with Crippen LogP contribution >= 0.6 is 0 Å². The number of hydrogen-bond donors (Lipinski definition) is 0. The highest BCUT2D eigenvalue weighted by molar-refractivity contribution is 5.71. The molecule has 0 saturated carbocycles. The number of hydrogen-bond acceptors (Lipinski definition) is 6. The fourth-order valence-electron chi connectivity index (χ4n) is 6.83. The standard InChI is InChI=1S/C59H96O6/c1-4-7-10-13-16-19-22-25-27-28-29-30-32-34-37-40-43-46-49-52-58(61)64-55-56(54-63-57(60)51-48-45-42-39-36-33-24-21-18-15-12-9-6-3)65-59(62)53-50-47-44-41-38-35-31-26-23-20-17-14-11-8-5-2/h8,11,16-17,19-20,25-27,29-31,34,37-38,41,43,46,56H,4-7,9-10,12-15,18,21-24,28,32-33,35-36,39-40,42,44-45,47-55H2,1-3H3/b11-8-,19-16-,20-17-,27-25-,30-29-,31-26-,37-34-,41-38-,46-43-/t56-/m0/s1. The summed E-state index contributed by atoms with van der Waals surface area (Å²) in [4.78, 5) is 38.0. The summed E-state index contributed by atoms with van der Waals surface area (Å²) in [5, 5.41) is 0. The molecule has 0 aliphatic heterocycles. The number of allylic oxidation sites excluding steroid dienone is 18. The summed E-state index contributed by atoms with van der Waals surface area (Å²) in [6.45, 7) is 6.38. The Morgan fingerprint density at radius 1 is 0.323 bits per heavy atom. The maximum atomic E-state index is 12.8. The Bertz CT molecular complexity index is 1360. The number of carbonyl (C=O) groups is 3. The molecular weight excluding hydrogens is 805 g/mol. The first-order valence-electron chi connectivity index (χ1n) is 26.4. The number of rotatable bonds is 46. The lowest BCUT2D eigenvalue weighted by molar-refractivity contribution is -0.166. The highest BCUT2D eigenvalue weighted by Crippen LogP contribution is 2.14. The molecule has 0 spiro atoms. The molecule has 0 aliphatic rings. The van der Waals surface area contributed by atoms with Crippen molar-refractivity contribution in [3.05, 3.63) is 109 Å². The van der Waals surface area contributed by atoms with E-state index in [2.05, 4.69) is 118 Å². The smallest absolute Gasteiger partial charge is 0.306 e. The van der Waals surface area contributed by atoms with E-state index < -0.39 is 6.10 Å². The molecular formula is C59H96O6. The van der Waals surface area contributed by atoms with Gasteiger partial charge in [-0.15, -0.1) is 0 Å². The maximum absolute atomic E-state index is 12.8. The Kier molecular flexibility index (Phi) is 49.5. The molecule has 0 saturated heterocycles. The Morgan fingerprint density at radius 2 is 0.631 bits per heavy atom. The molecule has 0 aliphatic carbocycles. The predicted octanol–water partition coefficient (Wildman–Crippen LogP) is 17.5. The molecule has 0 rings (SSSR count). The fourth-order valence-corrected chi connectivity index (χ4v) is 6.83. The second-order valence-electron chi connectivity index (χ2n) is 17.1. The van der Waals surface area contributed by atoms with Gasteiger partial charge in [-0.25, -0.2) is 0 Å². The molecule has 0 aromatic carbocycles. The van der Waals surface area contributed by atoms with E-state index in [-0.39, 0.29) is 44.0 Å². The van der Waals surface area contributed by atoms with Crippen LogP contribution < -0.4 is 0 Å². The molecule has 0 fully saturated rings. The van der Waals surface area contributed by atoms with Gasteiger partial charge in [-0.3, -0.25) is 14.4 Å². The van der Waals surface area contributed by atoms with Crippen molar-refractivity contribution in [2.75, 3.05) is 13.2 Å². The first-order valence-corrected chi connectivity index (χ1v) is 26.4. The van der Waals surface area contributed by atoms with E-state index in [4.69, 9.17) is 14.2 Å². The Hall–Kier alpha value is -3.93. The third kappa shape index (κ3) is 50.9. The van der Waals surface area contributed by atoms with Crippen LogP contribution in [0.3, 0.4) is 0 Å². The maximum Gasteiger partial charge on any atom is 0.306 e. The van der Waals surface area contributed by atoms with Gasteiger partial charge in [-0.2, -0.15) is 0 Å². The minimum Gasteiger partial charge on any atom is -0.462 e. The average molecular weight is 901 g/mol. The molecule has 0 aromatic heterocycles. The molecule has 0 N–H and O–H groups in total. The van der Waals surface area contributed by atoms with Crippen LogP contribution in [-0.4, -0.2) is 37.2 Å².